The van der Waals surface area contributed by atoms with Crippen molar-refractivity contribution >= 4 is 46.3 Å². The quantitative estimate of drug-likeness (QED) is 0.283. The summed E-state index contributed by atoms with van der Waals surface area (Å²) in [5, 5.41) is 10.7. The Morgan fingerprint density at radius 3 is 2.26 bits per heavy atom. The normalized spacial score (nSPS) is 10.6. The van der Waals surface area contributed by atoms with Crippen LogP contribution >= 0.6 is 23.2 Å². The van der Waals surface area contributed by atoms with E-state index in [9.17, 15) is 14.7 Å². The maximum absolute atomic E-state index is 13.0. The fraction of sp³-hybridized carbons (Fsp3) is 0.0385. The van der Waals surface area contributed by atoms with Gasteiger partial charge in [0.15, 0.2) is 0 Å². The average Bonchev–Trinajstić information content (AvgIpc) is 2.84. The number of aromatic carboxylic acids is 1. The minimum Gasteiger partial charge on any atom is -0.478 e. The van der Waals surface area contributed by atoms with E-state index in [2.05, 4.69) is 4.98 Å². The van der Waals surface area contributed by atoms with Gasteiger partial charge in [-0.05, 0) is 72.8 Å². The third-order valence-electron chi connectivity index (χ3n) is 5.08. The first-order valence-corrected chi connectivity index (χ1v) is 10.9. The molecule has 3 aromatic carbocycles. The van der Waals surface area contributed by atoms with Crippen molar-refractivity contribution in [2.24, 2.45) is 0 Å². The Morgan fingerprint density at radius 2 is 1.62 bits per heavy atom. The molecule has 0 saturated carbocycles. The maximum atomic E-state index is 13.0. The lowest BCUT2D eigenvalue weighted by Crippen LogP contribution is -2.11. The van der Waals surface area contributed by atoms with E-state index in [-0.39, 0.29) is 22.6 Å². The fourth-order valence-electron chi connectivity index (χ4n) is 3.27. The van der Waals surface area contributed by atoms with E-state index in [1.54, 1.807) is 54.7 Å². The molecule has 1 aromatic heterocycles. The first-order chi connectivity index (χ1) is 16.3. The van der Waals surface area contributed by atoms with Gasteiger partial charge in [-0.1, -0.05) is 29.3 Å². The highest BCUT2D eigenvalue weighted by Gasteiger charge is 2.18. The summed E-state index contributed by atoms with van der Waals surface area (Å²) < 4.78 is 5.68. The predicted octanol–water partition coefficient (Wildman–Crippen LogP) is 6.88. The zero-order valence-corrected chi connectivity index (χ0v) is 19.4. The van der Waals surface area contributed by atoms with Gasteiger partial charge in [0.25, 0.3) is 0 Å². The van der Waals surface area contributed by atoms with Gasteiger partial charge in [-0.3, -0.25) is 9.78 Å². The van der Waals surface area contributed by atoms with Gasteiger partial charge >= 0.3 is 5.97 Å². The molecule has 170 valence electrons. The molecule has 0 aliphatic carbocycles. The van der Waals surface area contributed by atoms with Crippen LogP contribution in [0.5, 0.6) is 11.5 Å². The van der Waals surface area contributed by atoms with Crippen LogP contribution in [0.1, 0.15) is 26.4 Å². The number of ether oxygens (including phenoxy) is 1. The monoisotopic (exact) mass is 492 g/mol. The minimum absolute atomic E-state index is 0.0965. The minimum atomic E-state index is -1.22. The molecule has 0 aliphatic heterocycles. The standard InChI is InChI=1S/C26H18Cl2N2O4/c1-30(19-8-6-17(27)7-9-19)20-10-11-23(29-15-20)25(31)16-5-12-24(22(13-16)26(32)33)34-21-4-2-3-18(28)14-21/h2-15H,1H3,(H,32,33). The van der Waals surface area contributed by atoms with E-state index in [4.69, 9.17) is 27.9 Å². The molecule has 4 rings (SSSR count). The van der Waals surface area contributed by atoms with Gasteiger partial charge in [-0.25, -0.2) is 4.79 Å². The molecule has 4 aromatic rings. The molecule has 0 aliphatic rings. The van der Waals surface area contributed by atoms with Crippen molar-refractivity contribution < 1.29 is 19.4 Å². The Hall–Kier alpha value is -3.87. The molecule has 1 heterocycles. The Labute approximate surface area is 206 Å². The molecule has 0 saturated heterocycles. The van der Waals surface area contributed by atoms with Crippen molar-refractivity contribution in [1.82, 2.24) is 4.98 Å². The van der Waals surface area contributed by atoms with Crippen LogP contribution in [0.2, 0.25) is 10.0 Å². The number of halogens is 2. The highest BCUT2D eigenvalue weighted by atomic mass is 35.5. The van der Waals surface area contributed by atoms with Crippen molar-refractivity contribution in [3.63, 3.8) is 0 Å². The second-order valence-electron chi connectivity index (χ2n) is 7.34. The number of hydrogen-bond donors (Lipinski definition) is 1. The molecule has 0 bridgehead atoms. The van der Waals surface area contributed by atoms with Crippen LogP contribution in [-0.4, -0.2) is 28.9 Å². The predicted molar refractivity (Wildman–Crippen MR) is 132 cm³/mol. The lowest BCUT2D eigenvalue weighted by molar-refractivity contribution is 0.0694. The number of ketones is 1. The second kappa shape index (κ2) is 9.95. The van der Waals surface area contributed by atoms with E-state index in [0.717, 1.165) is 11.4 Å². The molecule has 6 nitrogen and oxygen atoms in total. The second-order valence-corrected chi connectivity index (χ2v) is 8.21. The Kier molecular flexibility index (Phi) is 6.82. The van der Waals surface area contributed by atoms with Crippen molar-refractivity contribution in [3.05, 3.63) is 112 Å². The zero-order chi connectivity index (χ0) is 24.2. The van der Waals surface area contributed by atoms with Gasteiger partial charge in [0.05, 0.1) is 11.9 Å². The van der Waals surface area contributed by atoms with Gasteiger partial charge < -0.3 is 14.7 Å². The molecule has 0 amide bonds. The number of aromatic nitrogens is 1. The molecule has 0 unspecified atom stereocenters. The first-order valence-electron chi connectivity index (χ1n) is 10.1. The van der Waals surface area contributed by atoms with E-state index >= 15 is 0 Å². The number of pyridine rings is 1. The van der Waals surface area contributed by atoms with Crippen molar-refractivity contribution in [2.75, 3.05) is 11.9 Å². The molecule has 34 heavy (non-hydrogen) atoms. The maximum Gasteiger partial charge on any atom is 0.339 e. The van der Waals surface area contributed by atoms with Crippen LogP contribution in [-0.2, 0) is 0 Å². The topological polar surface area (TPSA) is 79.7 Å². The number of nitrogens with zero attached hydrogens (tertiary/aromatic N) is 2. The first kappa shape index (κ1) is 23.3. The summed E-state index contributed by atoms with van der Waals surface area (Å²) in [6, 6.07) is 21.5. The Balaban J connectivity index is 1.56. The summed E-state index contributed by atoms with van der Waals surface area (Å²) in [4.78, 5) is 31.0. The number of anilines is 2. The molecule has 0 atom stereocenters. The van der Waals surface area contributed by atoms with Crippen molar-refractivity contribution in [1.29, 1.82) is 0 Å². The molecule has 0 spiro atoms. The smallest absolute Gasteiger partial charge is 0.339 e. The third kappa shape index (κ3) is 5.20. The lowest BCUT2D eigenvalue weighted by Gasteiger charge is -2.19. The van der Waals surface area contributed by atoms with Crippen molar-refractivity contribution in [3.8, 4) is 11.5 Å². The summed E-state index contributed by atoms with van der Waals surface area (Å²) in [7, 11) is 1.87. The van der Waals surface area contributed by atoms with Crippen molar-refractivity contribution in [2.45, 2.75) is 0 Å². The number of carboxylic acid groups (broad SMARTS) is 1. The molecule has 0 fully saturated rings. The SMILES string of the molecule is CN(c1ccc(Cl)cc1)c1ccc(C(=O)c2ccc(Oc3cccc(Cl)c3)c(C(=O)O)c2)nc1. The number of hydrogen-bond acceptors (Lipinski definition) is 5. The summed E-state index contributed by atoms with van der Waals surface area (Å²) in [5.74, 6) is -1.15. The highest BCUT2D eigenvalue weighted by Crippen LogP contribution is 2.29. The van der Waals surface area contributed by atoms with Gasteiger partial charge in [0.2, 0.25) is 5.78 Å². The van der Waals surface area contributed by atoms with E-state index in [0.29, 0.717) is 15.8 Å². The summed E-state index contributed by atoms with van der Waals surface area (Å²) in [6.07, 6.45) is 1.58. The van der Waals surface area contributed by atoms with E-state index in [1.807, 2.05) is 24.1 Å². The van der Waals surface area contributed by atoms with Gasteiger partial charge in [-0.2, -0.15) is 0 Å². The molecule has 8 heteroatoms. The van der Waals surface area contributed by atoms with Crippen LogP contribution in [0.15, 0.2) is 85.1 Å². The largest absolute Gasteiger partial charge is 0.478 e. The Morgan fingerprint density at radius 1 is 0.882 bits per heavy atom. The number of carboxylic acids is 1. The Bertz CT molecular complexity index is 1360. The fourth-order valence-corrected chi connectivity index (χ4v) is 3.57. The van der Waals surface area contributed by atoms with Gasteiger partial charge in [0.1, 0.15) is 22.8 Å². The number of carbonyl (C=O) groups is 2. The summed E-state index contributed by atoms with van der Waals surface area (Å²) in [5.41, 5.74) is 1.90. The lowest BCUT2D eigenvalue weighted by atomic mass is 10.0. The van der Waals surface area contributed by atoms with E-state index in [1.165, 1.54) is 18.2 Å². The third-order valence-corrected chi connectivity index (χ3v) is 5.56. The molecular formula is C26H18Cl2N2O4. The van der Waals surface area contributed by atoms with Gasteiger partial charge in [0, 0.05) is 28.3 Å². The van der Waals surface area contributed by atoms with E-state index < -0.39 is 11.8 Å². The highest BCUT2D eigenvalue weighted by molar-refractivity contribution is 6.31. The average molecular weight is 493 g/mol. The summed E-state index contributed by atoms with van der Waals surface area (Å²) in [6.45, 7) is 0. The summed E-state index contributed by atoms with van der Waals surface area (Å²) >= 11 is 11.9. The van der Waals surface area contributed by atoms with Crippen LogP contribution in [0.25, 0.3) is 0 Å². The number of rotatable bonds is 7. The zero-order valence-electron chi connectivity index (χ0n) is 17.9. The van der Waals surface area contributed by atoms with Crippen LogP contribution in [0, 0.1) is 0 Å². The van der Waals surface area contributed by atoms with Crippen LogP contribution in [0.3, 0.4) is 0 Å². The number of benzene rings is 3. The number of carbonyl (C=O) groups excluding carboxylic acids is 1. The van der Waals surface area contributed by atoms with Crippen LogP contribution < -0.4 is 9.64 Å². The van der Waals surface area contributed by atoms with Gasteiger partial charge in [-0.15, -0.1) is 0 Å². The molecule has 0 radical (unpaired) electrons. The van der Waals surface area contributed by atoms with Crippen LogP contribution in [0.4, 0.5) is 11.4 Å². The molecule has 1 N–H and O–H groups in total. The molecular weight excluding hydrogens is 475 g/mol.